The Bertz CT molecular complexity index is 1360. The number of hydrogen-bond acceptors (Lipinski definition) is 11. The molecule has 0 saturated carbocycles. The molecule has 15 nitrogen and oxygen atoms in total. The number of phosphoric ester groups is 1. The minimum Gasteiger partial charge on any atom is -0.465 e. The number of fused-ring (bicyclic) bond motifs is 1. The first-order valence-corrected chi connectivity index (χ1v) is 28.2. The average molecular weight is 962 g/mol. The Labute approximate surface area is 395 Å². The smallest absolute Gasteiger partial charge is 0.465 e. The normalized spacial score (nSPS) is 18.2. The van der Waals surface area contributed by atoms with Gasteiger partial charge < -0.3 is 30.1 Å². The van der Waals surface area contributed by atoms with Crippen LogP contribution in [0.3, 0.4) is 0 Å². The van der Waals surface area contributed by atoms with Crippen molar-refractivity contribution in [1.29, 1.82) is 0 Å². The van der Waals surface area contributed by atoms with Crippen LogP contribution >= 0.6 is 19.6 Å². The van der Waals surface area contributed by atoms with Crippen LogP contribution in [0.2, 0.25) is 0 Å². The van der Waals surface area contributed by atoms with Gasteiger partial charge in [-0.05, 0) is 25.7 Å². The van der Waals surface area contributed by atoms with Crippen LogP contribution in [0.1, 0.15) is 219 Å². The largest absolute Gasteiger partial charge is 0.472 e. The molecule has 2 aliphatic heterocycles. The van der Waals surface area contributed by atoms with E-state index in [1.807, 2.05) is 0 Å². The number of nitrogens with zero attached hydrogens (tertiary/aromatic N) is 1. The zero-order valence-electron chi connectivity index (χ0n) is 40.3. The zero-order chi connectivity index (χ0) is 47.4. The van der Waals surface area contributed by atoms with E-state index in [9.17, 15) is 38.5 Å². The maximum Gasteiger partial charge on any atom is 0.472 e. The molecule has 65 heavy (non-hydrogen) atoms. The van der Waals surface area contributed by atoms with Crippen LogP contribution in [-0.4, -0.2) is 100 Å². The van der Waals surface area contributed by atoms with Crippen molar-refractivity contribution in [3.05, 3.63) is 0 Å². The molecule has 378 valence electrons. The van der Waals surface area contributed by atoms with Gasteiger partial charge in [0, 0.05) is 36.8 Å². The summed E-state index contributed by atoms with van der Waals surface area (Å²) in [7, 11) is -4.61. The lowest BCUT2D eigenvalue weighted by atomic mass is 10.0. The van der Waals surface area contributed by atoms with Crippen LogP contribution in [0.25, 0.3) is 0 Å². The fourth-order valence-corrected chi connectivity index (χ4v) is 10.8. The molecule has 2 rings (SSSR count). The van der Waals surface area contributed by atoms with Gasteiger partial charge in [-0.3, -0.25) is 23.4 Å². The summed E-state index contributed by atoms with van der Waals surface area (Å²) in [6.07, 6.45) is 31.2. The predicted molar refractivity (Wildman–Crippen MR) is 257 cm³/mol. The maximum atomic E-state index is 12.8. The molecule has 0 spiro atoms. The number of urea groups is 1. The predicted octanol–water partition coefficient (Wildman–Crippen LogP) is 11.8. The van der Waals surface area contributed by atoms with Gasteiger partial charge in [-0.2, -0.15) is 11.8 Å². The molecule has 2 saturated heterocycles. The van der Waals surface area contributed by atoms with Crippen LogP contribution in [0.15, 0.2) is 0 Å². The summed E-state index contributed by atoms with van der Waals surface area (Å²) in [6, 6.07) is -1.21. The number of imide groups is 1. The van der Waals surface area contributed by atoms with E-state index in [1.54, 1.807) is 11.8 Å². The number of carbonyl (C=O) groups excluding carboxylic acids is 4. The Balaban J connectivity index is 1.66. The van der Waals surface area contributed by atoms with Crippen LogP contribution in [0, 0.1) is 0 Å². The summed E-state index contributed by atoms with van der Waals surface area (Å²) in [5.74, 6) is -0.642. The summed E-state index contributed by atoms with van der Waals surface area (Å²) in [5, 5.41) is 14.8. The summed E-state index contributed by atoms with van der Waals surface area (Å²) < 4.78 is 33.9. The third kappa shape index (κ3) is 29.2. The molecule has 2 fully saturated rings. The highest BCUT2D eigenvalue weighted by Gasteiger charge is 2.50. The van der Waals surface area contributed by atoms with Crippen molar-refractivity contribution in [2.45, 2.75) is 243 Å². The topological polar surface area (TPSA) is 207 Å². The number of nitrogens with one attached hydrogen (secondary N) is 2. The van der Waals surface area contributed by atoms with Gasteiger partial charge in [0.05, 0.1) is 25.3 Å². The molecular formula is C48H88N3O12PS. The Morgan fingerprint density at radius 3 is 1.68 bits per heavy atom. The Morgan fingerprint density at radius 1 is 0.692 bits per heavy atom. The summed E-state index contributed by atoms with van der Waals surface area (Å²) in [6.45, 7) is 3.30. The van der Waals surface area contributed by atoms with Gasteiger partial charge in [0.15, 0.2) is 6.10 Å². The van der Waals surface area contributed by atoms with Gasteiger partial charge in [0.2, 0.25) is 5.91 Å². The first-order chi connectivity index (χ1) is 31.5. The van der Waals surface area contributed by atoms with E-state index in [2.05, 4.69) is 24.5 Å². The maximum absolute atomic E-state index is 12.8. The molecule has 2 heterocycles. The number of esters is 2. The number of amides is 4. The molecule has 4 amide bonds. The van der Waals surface area contributed by atoms with E-state index in [4.69, 9.17) is 18.5 Å². The second-order valence-electron chi connectivity index (χ2n) is 18.0. The molecule has 5 atom stereocenters. The lowest BCUT2D eigenvalue weighted by molar-refractivity contribution is -0.161. The quantitative estimate of drug-likeness (QED) is 0.0194. The van der Waals surface area contributed by atoms with E-state index in [0.29, 0.717) is 31.4 Å². The van der Waals surface area contributed by atoms with Gasteiger partial charge in [-0.15, -0.1) is 0 Å². The molecule has 4 N–H and O–H groups in total. The monoisotopic (exact) mass is 962 g/mol. The van der Waals surface area contributed by atoms with Crippen LogP contribution < -0.4 is 10.6 Å². The highest BCUT2D eigenvalue weighted by Crippen LogP contribution is 2.43. The van der Waals surface area contributed by atoms with E-state index >= 15 is 0 Å². The first-order valence-electron chi connectivity index (χ1n) is 25.6. The number of thioether (sulfide) groups is 1. The molecular weight excluding hydrogens is 874 g/mol. The molecule has 2 aliphatic rings. The van der Waals surface area contributed by atoms with E-state index in [0.717, 1.165) is 49.8 Å². The lowest BCUT2D eigenvalue weighted by Gasteiger charge is -2.20. The summed E-state index contributed by atoms with van der Waals surface area (Å²) >= 11 is 1.62. The van der Waals surface area contributed by atoms with Crippen molar-refractivity contribution < 1.29 is 57.1 Å². The fraction of sp³-hybridized carbons (Fsp3) is 0.896. The van der Waals surface area contributed by atoms with E-state index in [-0.39, 0.29) is 62.3 Å². The molecule has 3 unspecified atom stereocenters. The molecule has 17 heteroatoms. The van der Waals surface area contributed by atoms with Crippen LogP contribution in [0.4, 0.5) is 9.59 Å². The second kappa shape index (κ2) is 37.6. The molecule has 0 aromatic rings. The summed E-state index contributed by atoms with van der Waals surface area (Å²) in [4.78, 5) is 72.4. The molecule has 0 aliphatic carbocycles. The third-order valence-electron chi connectivity index (χ3n) is 12.3. The number of carboxylic acid groups (broad SMARTS) is 1. The van der Waals surface area contributed by atoms with Crippen molar-refractivity contribution in [3.63, 3.8) is 0 Å². The molecule has 0 bridgehead atoms. The molecule has 0 aromatic heterocycles. The number of phosphoric acid groups is 1. The number of unbranched alkanes of at least 4 members (excludes halogenated alkanes) is 25. The minimum absolute atomic E-state index is 0.0413. The number of rotatable bonds is 43. The minimum atomic E-state index is -4.61. The van der Waals surface area contributed by atoms with Crippen molar-refractivity contribution in [2.24, 2.45) is 0 Å². The highest BCUT2D eigenvalue weighted by molar-refractivity contribution is 8.00. The Hall–Kier alpha value is -2.39. The van der Waals surface area contributed by atoms with E-state index < -0.39 is 44.6 Å². The third-order valence-corrected chi connectivity index (χ3v) is 14.8. The van der Waals surface area contributed by atoms with Crippen molar-refractivity contribution >= 4 is 49.6 Å². The SMILES string of the molecule is CCCCCCCCCCCCCCCC(=O)OCC(COP(=O)(O)OCCNC(=O)CCCCC1SC[C@H]2[C@@H]1NC(=O)N2C(=O)O)OC(=O)CCCCCCCCCCCCCCC. The number of hydrogen-bond donors (Lipinski definition) is 4. The Morgan fingerprint density at radius 2 is 1.17 bits per heavy atom. The lowest BCUT2D eigenvalue weighted by Crippen LogP contribution is -2.40. The van der Waals surface area contributed by atoms with Crippen molar-refractivity contribution in [2.75, 3.05) is 32.1 Å². The molecule has 0 aromatic carbocycles. The standard InChI is InChI=1S/C48H88N3O12PS/c1-3-5-7-9-11-13-15-17-19-21-23-25-27-33-44(53)60-37-40(63-45(54)34-28-26-24-22-20-18-16-14-12-10-8-6-4-2)38-62-64(58,59)61-36-35-49-43(52)32-30-29-31-42-46-41(39-65-42)51(48(56)57)47(55)50-46/h40-42,46H,3-39H2,1-2H3,(H,49,52)(H,50,55)(H,56,57)(H,58,59)/t40?,41-,42?,46-/m0/s1. The van der Waals surface area contributed by atoms with Crippen molar-refractivity contribution in [3.8, 4) is 0 Å². The zero-order valence-corrected chi connectivity index (χ0v) is 42.0. The average Bonchev–Trinajstić information content (AvgIpc) is 3.82. The van der Waals surface area contributed by atoms with Gasteiger partial charge in [0.1, 0.15) is 6.61 Å². The fourth-order valence-electron chi connectivity index (χ4n) is 8.43. The highest BCUT2D eigenvalue weighted by atomic mass is 32.2. The summed E-state index contributed by atoms with van der Waals surface area (Å²) in [5.41, 5.74) is 0. The Kier molecular flexibility index (Phi) is 34.0. The second-order valence-corrected chi connectivity index (χ2v) is 20.8. The van der Waals surface area contributed by atoms with E-state index in [1.165, 1.54) is 116 Å². The first kappa shape index (κ1) is 58.7. The van der Waals surface area contributed by atoms with Gasteiger partial charge in [-0.1, -0.05) is 174 Å². The van der Waals surface area contributed by atoms with Gasteiger partial charge in [-0.25, -0.2) is 19.1 Å². The van der Waals surface area contributed by atoms with Crippen LogP contribution in [-0.2, 0) is 37.5 Å². The van der Waals surface area contributed by atoms with Crippen molar-refractivity contribution in [1.82, 2.24) is 15.5 Å². The van der Waals surface area contributed by atoms with Crippen LogP contribution in [0.5, 0.6) is 0 Å². The van der Waals surface area contributed by atoms with Gasteiger partial charge in [0.25, 0.3) is 0 Å². The number of carbonyl (C=O) groups is 5. The molecule has 0 radical (unpaired) electrons. The van der Waals surface area contributed by atoms with Gasteiger partial charge >= 0.3 is 31.9 Å². The number of ether oxygens (including phenoxy) is 2.